The van der Waals surface area contributed by atoms with Crippen molar-refractivity contribution in [1.29, 1.82) is 0 Å². The fraction of sp³-hybridized carbons (Fsp3) is 0.375. The number of likely N-dealkylation sites (tertiary alicyclic amines) is 1. The van der Waals surface area contributed by atoms with E-state index in [1.807, 2.05) is 68.4 Å². The summed E-state index contributed by atoms with van der Waals surface area (Å²) in [6.45, 7) is 9.37. The van der Waals surface area contributed by atoms with Crippen LogP contribution in [0.2, 0.25) is 0 Å². The first-order chi connectivity index (χ1) is 20.7. The first-order valence-corrected chi connectivity index (χ1v) is 14.4. The third-order valence-corrected chi connectivity index (χ3v) is 7.84. The monoisotopic (exact) mass is 584 g/mol. The third-order valence-electron chi connectivity index (χ3n) is 7.84. The highest BCUT2D eigenvalue weighted by atomic mass is 16.5. The molecule has 1 aromatic heterocycles. The molecule has 2 aromatic carbocycles. The van der Waals surface area contributed by atoms with Gasteiger partial charge in [0, 0.05) is 35.4 Å². The molecule has 1 aliphatic heterocycles. The second-order valence-corrected chi connectivity index (χ2v) is 10.4. The Kier molecular flexibility index (Phi) is 9.75. The smallest absolute Gasteiger partial charge is 0.330 e. The lowest BCUT2D eigenvalue weighted by Crippen LogP contribution is -2.55. The second kappa shape index (κ2) is 13.3. The van der Waals surface area contributed by atoms with Crippen LogP contribution < -0.4 is 20.0 Å². The molecule has 0 bridgehead atoms. The largest absolute Gasteiger partial charge is 0.497 e. The van der Waals surface area contributed by atoms with Crippen molar-refractivity contribution in [1.82, 2.24) is 20.4 Å². The van der Waals surface area contributed by atoms with Gasteiger partial charge in [0.2, 0.25) is 11.8 Å². The molecule has 2 radical (unpaired) electrons. The van der Waals surface area contributed by atoms with Crippen LogP contribution in [0, 0.1) is 5.92 Å². The van der Waals surface area contributed by atoms with E-state index in [1.165, 1.54) is 11.0 Å². The molecule has 43 heavy (non-hydrogen) atoms. The van der Waals surface area contributed by atoms with Gasteiger partial charge in [0.25, 0.3) is 0 Å². The average molecular weight is 584 g/mol. The molecule has 2 heterocycles. The summed E-state index contributed by atoms with van der Waals surface area (Å²) in [5, 5.41) is 15.6. The summed E-state index contributed by atoms with van der Waals surface area (Å²) in [4.78, 5) is 44.9. The zero-order valence-electron chi connectivity index (χ0n) is 24.9. The first kappa shape index (κ1) is 31.6. The van der Waals surface area contributed by atoms with Crippen LogP contribution in [0.15, 0.2) is 67.3 Å². The van der Waals surface area contributed by atoms with Gasteiger partial charge >= 0.3 is 5.97 Å². The van der Waals surface area contributed by atoms with Gasteiger partial charge in [-0.3, -0.25) is 9.59 Å². The van der Waals surface area contributed by atoms with Gasteiger partial charge in [0.05, 0.1) is 30.9 Å². The molecule has 1 saturated carbocycles. The van der Waals surface area contributed by atoms with Crippen LogP contribution in [0.3, 0.4) is 0 Å². The minimum atomic E-state index is -1.42. The van der Waals surface area contributed by atoms with E-state index in [0.29, 0.717) is 22.7 Å². The number of carbonyl (C=O) groups is 3. The summed E-state index contributed by atoms with van der Waals surface area (Å²) in [5.41, 5.74) is 0.824. The predicted molar refractivity (Wildman–Crippen MR) is 165 cm³/mol. The fourth-order valence-electron chi connectivity index (χ4n) is 5.35. The molecule has 11 heteroatoms. The Hall–Kier alpha value is -4.38. The Morgan fingerprint density at radius 3 is 2.51 bits per heavy atom. The quantitative estimate of drug-likeness (QED) is 0.244. The number of carbonyl (C=O) groups excluding carboxylic acids is 2. The number of carboxylic acid groups (broad SMARTS) is 1. The number of nitrogens with one attached hydrogen (secondary N) is 2. The molecule has 3 aromatic rings. The van der Waals surface area contributed by atoms with E-state index < -0.39 is 41.5 Å². The van der Waals surface area contributed by atoms with Gasteiger partial charge in [-0.1, -0.05) is 50.3 Å². The number of fused-ring (bicyclic) bond motifs is 1. The molecule has 2 unspecified atom stereocenters. The lowest BCUT2D eigenvalue weighted by molar-refractivity contribution is -0.145. The van der Waals surface area contributed by atoms with Crippen molar-refractivity contribution < 1.29 is 29.0 Å². The number of rotatable bonds is 10. The van der Waals surface area contributed by atoms with Gasteiger partial charge in [-0.15, -0.1) is 6.58 Å². The van der Waals surface area contributed by atoms with Crippen LogP contribution in [0.1, 0.15) is 33.6 Å². The molecule has 5 rings (SSSR count). The van der Waals surface area contributed by atoms with Gasteiger partial charge in [-0.25, -0.2) is 9.78 Å². The number of aromatic nitrogens is 1. The average Bonchev–Trinajstić information content (AvgIpc) is 3.60. The van der Waals surface area contributed by atoms with Crippen molar-refractivity contribution in [3.63, 3.8) is 0 Å². The van der Waals surface area contributed by atoms with Crippen LogP contribution in [0.5, 0.6) is 11.5 Å². The minimum absolute atomic E-state index is 0.106. The molecule has 1 saturated heterocycles. The Morgan fingerprint density at radius 1 is 1.19 bits per heavy atom. The molecule has 224 valence electrons. The minimum Gasteiger partial charge on any atom is -0.497 e. The van der Waals surface area contributed by atoms with Crippen LogP contribution in [0.4, 0.5) is 0 Å². The summed E-state index contributed by atoms with van der Waals surface area (Å²) < 4.78 is 11.9. The number of hydrogen-bond donors (Lipinski definition) is 3. The van der Waals surface area contributed by atoms with Crippen molar-refractivity contribution in [2.45, 2.75) is 57.3 Å². The van der Waals surface area contributed by atoms with Crippen molar-refractivity contribution in [3.8, 4) is 22.8 Å². The number of aliphatic carboxylic acids is 1. The van der Waals surface area contributed by atoms with E-state index in [1.54, 1.807) is 14.0 Å². The maximum atomic E-state index is 13.5. The molecular weight excluding hydrogens is 547 g/mol. The lowest BCUT2D eigenvalue weighted by atomic mass is 10.1. The summed E-state index contributed by atoms with van der Waals surface area (Å²) in [6.07, 6.45) is 1.36. The SMILES string of the molecule is CC.[B]N[C@@H](C)C(=O)N1CC(Oc2cc(-c3ccccc3)nc3cc(OC)ccc23)C[C@H]1C(=O)N[C@]1(C(=O)O)CC1C=C. The number of methoxy groups -OCH3 is 1. The zero-order valence-corrected chi connectivity index (χ0v) is 24.9. The van der Waals surface area contributed by atoms with Crippen LogP contribution in [-0.4, -0.2) is 78.1 Å². The molecule has 2 amide bonds. The highest BCUT2D eigenvalue weighted by Crippen LogP contribution is 2.45. The first-order valence-electron chi connectivity index (χ1n) is 14.4. The Balaban J connectivity index is 0.00000207. The van der Waals surface area contributed by atoms with Gasteiger partial charge in [0.1, 0.15) is 29.2 Å². The molecule has 0 spiro atoms. The van der Waals surface area contributed by atoms with Crippen LogP contribution >= 0.6 is 0 Å². The Labute approximate surface area is 252 Å². The molecule has 1 aliphatic carbocycles. The third kappa shape index (κ3) is 6.36. The molecule has 2 aliphatic rings. The topological polar surface area (TPSA) is 130 Å². The van der Waals surface area contributed by atoms with E-state index in [-0.39, 0.29) is 25.3 Å². The van der Waals surface area contributed by atoms with Gasteiger partial charge in [-0.2, -0.15) is 0 Å². The fourth-order valence-corrected chi connectivity index (χ4v) is 5.35. The van der Waals surface area contributed by atoms with Crippen molar-refractivity contribution in [2.75, 3.05) is 13.7 Å². The lowest BCUT2D eigenvalue weighted by Gasteiger charge is -2.27. The standard InChI is InChI=1S/C30H31BN4O6.C2H6/c1-4-19-15-30(19,29(38)39)33-27(36)25-13-21(16-35(25)28(37)17(2)34-31)41-26-14-23(18-8-6-5-7-9-18)32-24-12-20(40-3)10-11-22(24)26;1-2/h4-12,14,17,19,21,25,34H,1,13,15-16H2,2-3H3,(H,33,36)(H,38,39);1-2H3/t17-,19?,21?,25-,30+;/m0./s1. The number of pyridine rings is 1. The van der Waals surface area contributed by atoms with Crippen molar-refractivity contribution >= 4 is 36.7 Å². The van der Waals surface area contributed by atoms with Gasteiger partial charge < -0.3 is 30.0 Å². The summed E-state index contributed by atoms with van der Waals surface area (Å²) in [6, 6.07) is 15.3. The summed E-state index contributed by atoms with van der Waals surface area (Å²) >= 11 is 0. The Morgan fingerprint density at radius 2 is 1.91 bits per heavy atom. The maximum absolute atomic E-state index is 13.5. The maximum Gasteiger partial charge on any atom is 0.330 e. The van der Waals surface area contributed by atoms with Gasteiger partial charge in [-0.05, 0) is 25.5 Å². The molecule has 2 fully saturated rings. The van der Waals surface area contributed by atoms with E-state index in [0.717, 1.165) is 10.9 Å². The predicted octanol–water partition coefficient (Wildman–Crippen LogP) is 3.49. The molecule has 3 N–H and O–H groups in total. The van der Waals surface area contributed by atoms with Crippen LogP contribution in [-0.2, 0) is 14.4 Å². The number of benzene rings is 2. The van der Waals surface area contributed by atoms with Gasteiger partial charge in [0.15, 0.2) is 7.98 Å². The summed E-state index contributed by atoms with van der Waals surface area (Å²) in [5.74, 6) is -1.30. The molecule has 10 nitrogen and oxygen atoms in total. The number of ether oxygens (including phenoxy) is 2. The van der Waals surface area contributed by atoms with E-state index in [4.69, 9.17) is 22.4 Å². The summed E-state index contributed by atoms with van der Waals surface area (Å²) in [7, 11) is 7.11. The number of hydrogen-bond acceptors (Lipinski definition) is 7. The number of nitrogens with zero attached hydrogens (tertiary/aromatic N) is 2. The normalized spacial score (nSPS) is 23.0. The van der Waals surface area contributed by atoms with E-state index >= 15 is 0 Å². The second-order valence-electron chi connectivity index (χ2n) is 10.4. The zero-order chi connectivity index (χ0) is 31.3. The van der Waals surface area contributed by atoms with E-state index in [9.17, 15) is 19.5 Å². The van der Waals surface area contributed by atoms with Crippen molar-refractivity contribution in [2.24, 2.45) is 5.92 Å². The highest BCUT2D eigenvalue weighted by Gasteiger charge is 2.61. The molecule has 5 atom stereocenters. The molecular formula is C32H37BN4O6. The highest BCUT2D eigenvalue weighted by molar-refractivity contribution is 6.07. The Bertz CT molecular complexity index is 1500. The van der Waals surface area contributed by atoms with Crippen LogP contribution in [0.25, 0.3) is 22.2 Å². The number of carboxylic acids is 1. The number of amides is 2. The van der Waals surface area contributed by atoms with E-state index in [2.05, 4.69) is 17.1 Å². The van der Waals surface area contributed by atoms with Crippen molar-refractivity contribution in [3.05, 3.63) is 67.3 Å².